The van der Waals surface area contributed by atoms with Crippen molar-refractivity contribution in [2.45, 2.75) is 0 Å². The van der Waals surface area contributed by atoms with Gasteiger partial charge in [-0.3, -0.25) is 0 Å². The van der Waals surface area contributed by atoms with Gasteiger partial charge in [-0.1, -0.05) is 66.7 Å². The molecule has 0 fully saturated rings. The van der Waals surface area contributed by atoms with Crippen LogP contribution >= 0.6 is 18.5 Å². The molecule has 0 amide bonds. The summed E-state index contributed by atoms with van der Waals surface area (Å²) < 4.78 is 0. The first-order valence-electron chi connectivity index (χ1n) is 6.67. The van der Waals surface area contributed by atoms with Crippen LogP contribution in [0.25, 0.3) is 0 Å². The minimum atomic E-state index is 0.0880. The molecule has 2 unspecified atom stereocenters. The van der Waals surface area contributed by atoms with Gasteiger partial charge in [-0.15, -0.1) is 18.5 Å². The molecule has 3 rings (SSSR count). The fourth-order valence-electron chi connectivity index (χ4n) is 1.40. The molecule has 0 spiro atoms. The Balaban J connectivity index is 0.000000166. The summed E-state index contributed by atoms with van der Waals surface area (Å²) in [7, 11) is 5.26. The van der Waals surface area contributed by atoms with Crippen molar-refractivity contribution in [1.82, 2.24) is 0 Å². The molecule has 2 nitrogen and oxygen atoms in total. The summed E-state index contributed by atoms with van der Waals surface area (Å²) in [5, 5.41) is 19.8. The first kappa shape index (κ1) is 18.2. The van der Waals surface area contributed by atoms with Crippen molar-refractivity contribution < 1.29 is 10.2 Å². The zero-order chi connectivity index (χ0) is 16.2. The zero-order valence-electron chi connectivity index (χ0n) is 12.1. The van der Waals surface area contributed by atoms with Crippen molar-refractivity contribution in [2.75, 3.05) is 0 Å². The summed E-state index contributed by atoms with van der Waals surface area (Å²) in [4.78, 5) is 0. The lowest BCUT2D eigenvalue weighted by Crippen LogP contribution is -1.82. The number of aromatic hydroxyl groups is 2. The van der Waals surface area contributed by atoms with E-state index >= 15 is 0 Å². The molecule has 3 aromatic rings. The first-order valence-corrected chi connectivity index (χ1v) is 7.82. The Morgan fingerprint density at radius 2 is 0.864 bits per heavy atom. The fraction of sp³-hybridized carbons (Fsp3) is 0. The van der Waals surface area contributed by atoms with Gasteiger partial charge in [0.15, 0.2) is 0 Å². The second kappa shape index (κ2) is 10.8. The van der Waals surface area contributed by atoms with Gasteiger partial charge in [0.25, 0.3) is 0 Å². The van der Waals surface area contributed by atoms with Crippen LogP contribution in [0.5, 0.6) is 11.5 Å². The Labute approximate surface area is 136 Å². The van der Waals surface area contributed by atoms with E-state index in [2.05, 4.69) is 18.5 Å². The smallest absolute Gasteiger partial charge is 0.119 e. The molecule has 2 N–H and O–H groups in total. The normalized spacial score (nSPS) is 8.82. The van der Waals surface area contributed by atoms with Gasteiger partial charge < -0.3 is 10.2 Å². The van der Waals surface area contributed by atoms with Crippen LogP contribution in [0.1, 0.15) is 0 Å². The molecule has 0 aliphatic carbocycles. The minimum Gasteiger partial charge on any atom is -0.508 e. The van der Waals surface area contributed by atoms with E-state index in [4.69, 9.17) is 10.2 Å². The van der Waals surface area contributed by atoms with Crippen LogP contribution in [0.2, 0.25) is 0 Å². The minimum absolute atomic E-state index is 0.0880. The molecule has 0 radical (unpaired) electrons. The SMILES string of the molecule is Oc1cccc(O)c1.Pc1ccccc1.Pc1ccccc1. The van der Waals surface area contributed by atoms with E-state index in [1.807, 2.05) is 60.7 Å². The number of benzene rings is 3. The van der Waals surface area contributed by atoms with E-state index in [1.54, 1.807) is 6.07 Å². The quantitative estimate of drug-likeness (QED) is 0.620. The molecular formula is C18H20O2P2. The summed E-state index contributed by atoms with van der Waals surface area (Å²) in [6.45, 7) is 0. The molecule has 4 heteroatoms. The highest BCUT2D eigenvalue weighted by Crippen LogP contribution is 2.14. The molecule has 0 aliphatic rings. The lowest BCUT2D eigenvalue weighted by Gasteiger charge is -1.89. The highest BCUT2D eigenvalue weighted by atomic mass is 31.0. The monoisotopic (exact) mass is 330 g/mol. The molecule has 0 saturated heterocycles. The molecule has 114 valence electrons. The first-order chi connectivity index (χ1) is 10.6. The molecular weight excluding hydrogens is 310 g/mol. The molecule has 2 atom stereocenters. The Morgan fingerprint density at radius 1 is 0.500 bits per heavy atom. The third-order valence-corrected chi connectivity index (χ3v) is 3.20. The van der Waals surface area contributed by atoms with Crippen LogP contribution in [0.15, 0.2) is 84.9 Å². The van der Waals surface area contributed by atoms with E-state index < -0.39 is 0 Å². The molecule has 0 aromatic heterocycles. The number of hydrogen-bond donors (Lipinski definition) is 2. The maximum atomic E-state index is 8.65. The van der Waals surface area contributed by atoms with E-state index in [-0.39, 0.29) is 11.5 Å². The van der Waals surface area contributed by atoms with E-state index in [0.717, 1.165) is 0 Å². The Morgan fingerprint density at radius 3 is 1.05 bits per heavy atom. The lowest BCUT2D eigenvalue weighted by atomic mass is 10.3. The van der Waals surface area contributed by atoms with E-state index in [1.165, 1.54) is 28.8 Å². The average molecular weight is 330 g/mol. The van der Waals surface area contributed by atoms with Crippen LogP contribution in [0, 0.1) is 0 Å². The topological polar surface area (TPSA) is 40.5 Å². The predicted octanol–water partition coefficient (Wildman–Crippen LogP) is 3.47. The van der Waals surface area contributed by atoms with Crippen molar-refractivity contribution in [1.29, 1.82) is 0 Å². The zero-order valence-corrected chi connectivity index (χ0v) is 14.4. The van der Waals surface area contributed by atoms with Crippen molar-refractivity contribution in [3.8, 4) is 11.5 Å². The Hall–Kier alpha value is -1.88. The summed E-state index contributed by atoms with van der Waals surface area (Å²) in [6.07, 6.45) is 0. The number of rotatable bonds is 0. The third kappa shape index (κ3) is 9.13. The van der Waals surface area contributed by atoms with Crippen molar-refractivity contribution in [2.24, 2.45) is 0 Å². The van der Waals surface area contributed by atoms with Crippen LogP contribution in [-0.4, -0.2) is 10.2 Å². The largest absolute Gasteiger partial charge is 0.508 e. The number of hydrogen-bond acceptors (Lipinski definition) is 2. The van der Waals surface area contributed by atoms with Gasteiger partial charge in [-0.2, -0.15) is 0 Å². The molecule has 0 aliphatic heterocycles. The Kier molecular flexibility index (Phi) is 8.91. The second-order valence-electron chi connectivity index (χ2n) is 4.34. The highest BCUT2D eigenvalue weighted by Gasteiger charge is 1.85. The van der Waals surface area contributed by atoms with E-state index in [9.17, 15) is 0 Å². The molecule has 0 heterocycles. The van der Waals surface area contributed by atoms with Gasteiger partial charge in [0, 0.05) is 6.07 Å². The van der Waals surface area contributed by atoms with Gasteiger partial charge >= 0.3 is 0 Å². The van der Waals surface area contributed by atoms with Gasteiger partial charge in [0.1, 0.15) is 11.5 Å². The van der Waals surface area contributed by atoms with Crippen molar-refractivity contribution in [3.63, 3.8) is 0 Å². The lowest BCUT2D eigenvalue weighted by molar-refractivity contribution is 0.450. The average Bonchev–Trinajstić information content (AvgIpc) is 2.50. The summed E-state index contributed by atoms with van der Waals surface area (Å²) in [5.74, 6) is 0.176. The molecule has 22 heavy (non-hydrogen) atoms. The molecule has 3 aromatic carbocycles. The Bertz CT molecular complexity index is 589. The van der Waals surface area contributed by atoms with Crippen LogP contribution < -0.4 is 10.6 Å². The summed E-state index contributed by atoms with van der Waals surface area (Å²) in [5.41, 5.74) is 0. The summed E-state index contributed by atoms with van der Waals surface area (Å²) in [6, 6.07) is 26.1. The van der Waals surface area contributed by atoms with Gasteiger partial charge in [-0.05, 0) is 22.7 Å². The van der Waals surface area contributed by atoms with Gasteiger partial charge in [-0.25, -0.2) is 0 Å². The van der Waals surface area contributed by atoms with Gasteiger partial charge in [0.05, 0.1) is 0 Å². The second-order valence-corrected chi connectivity index (χ2v) is 5.67. The van der Waals surface area contributed by atoms with Gasteiger partial charge in [0.2, 0.25) is 0 Å². The third-order valence-electron chi connectivity index (χ3n) is 2.43. The number of phenolic OH excluding ortho intramolecular Hbond substituents is 2. The maximum Gasteiger partial charge on any atom is 0.119 e. The van der Waals surface area contributed by atoms with Crippen LogP contribution in [0.3, 0.4) is 0 Å². The predicted molar refractivity (Wildman–Crippen MR) is 101 cm³/mol. The standard InChI is InChI=1S/C6H6O2.2C6H7P/c7-5-2-1-3-6(8)4-5;2*7-6-4-2-1-3-5-6/h1-4,7-8H;2*1-5H,7H2. The molecule has 0 saturated carbocycles. The van der Waals surface area contributed by atoms with Crippen molar-refractivity contribution >= 4 is 29.1 Å². The van der Waals surface area contributed by atoms with Crippen LogP contribution in [-0.2, 0) is 0 Å². The summed E-state index contributed by atoms with van der Waals surface area (Å²) >= 11 is 0. The molecule has 0 bridgehead atoms. The van der Waals surface area contributed by atoms with Crippen LogP contribution in [0.4, 0.5) is 0 Å². The van der Waals surface area contributed by atoms with E-state index in [0.29, 0.717) is 0 Å². The van der Waals surface area contributed by atoms with Crippen molar-refractivity contribution in [3.05, 3.63) is 84.9 Å². The fourth-order valence-corrected chi connectivity index (χ4v) is 1.84. The highest BCUT2D eigenvalue weighted by molar-refractivity contribution is 7.27. The maximum absolute atomic E-state index is 8.65. The number of phenols is 2.